The summed E-state index contributed by atoms with van der Waals surface area (Å²) in [7, 11) is 0. The summed E-state index contributed by atoms with van der Waals surface area (Å²) in [5.74, 6) is -2.44. The third-order valence-corrected chi connectivity index (χ3v) is 5.70. The second-order valence-electron chi connectivity index (χ2n) is 8.08. The molecule has 3 aromatic rings. The molecule has 0 saturated heterocycles. The number of benzene rings is 3. The van der Waals surface area contributed by atoms with E-state index >= 15 is 0 Å². The highest BCUT2D eigenvalue weighted by Crippen LogP contribution is 2.15. The molecule has 1 amide bonds. The van der Waals surface area contributed by atoms with Crippen molar-refractivity contribution in [2.75, 3.05) is 18.5 Å². The topological polar surface area (TPSA) is 116 Å². The predicted octanol–water partition coefficient (Wildman–Crippen LogP) is 5.57. The van der Waals surface area contributed by atoms with E-state index in [4.69, 9.17) is 32.7 Å². The average molecular weight is 556 g/mol. The summed E-state index contributed by atoms with van der Waals surface area (Å²) < 4.78 is 10.1. The van der Waals surface area contributed by atoms with Crippen LogP contribution in [0, 0.1) is 0 Å². The second-order valence-corrected chi connectivity index (χ2v) is 8.95. The molecule has 1 N–H and O–H groups in total. The fraction of sp³-hybridized carbons (Fsp3) is 0.179. The number of halogens is 2. The van der Waals surface area contributed by atoms with Crippen LogP contribution < -0.4 is 5.32 Å². The molecular formula is C28H23Cl2NO7. The first-order chi connectivity index (χ1) is 18.2. The molecule has 0 aliphatic rings. The highest BCUT2D eigenvalue weighted by molar-refractivity contribution is 6.31. The fourth-order valence-corrected chi connectivity index (χ4v) is 3.46. The number of hydrogen-bond acceptors (Lipinski definition) is 7. The first-order valence-electron chi connectivity index (χ1n) is 11.5. The van der Waals surface area contributed by atoms with Gasteiger partial charge in [-0.1, -0.05) is 29.3 Å². The summed E-state index contributed by atoms with van der Waals surface area (Å²) in [6.07, 6.45) is 0.175. The third-order valence-electron chi connectivity index (χ3n) is 5.20. The van der Waals surface area contributed by atoms with Crippen LogP contribution in [0.15, 0.2) is 72.8 Å². The quantitative estimate of drug-likeness (QED) is 0.229. The Kier molecular flexibility index (Phi) is 10.6. The van der Waals surface area contributed by atoms with E-state index in [1.165, 1.54) is 24.3 Å². The zero-order chi connectivity index (χ0) is 27.5. The lowest BCUT2D eigenvalue weighted by Gasteiger charge is -2.08. The second kappa shape index (κ2) is 14.1. The Morgan fingerprint density at radius 3 is 1.79 bits per heavy atom. The number of amides is 1. The maximum Gasteiger partial charge on any atom is 0.338 e. The van der Waals surface area contributed by atoms with E-state index in [1.807, 2.05) is 0 Å². The van der Waals surface area contributed by atoms with Crippen molar-refractivity contribution in [1.29, 1.82) is 0 Å². The van der Waals surface area contributed by atoms with Crippen molar-refractivity contribution in [1.82, 2.24) is 0 Å². The lowest BCUT2D eigenvalue weighted by Crippen LogP contribution is -2.16. The molecule has 0 fully saturated rings. The molecule has 10 heteroatoms. The SMILES string of the molecule is O=C(CCCC(=O)OCC(=O)c1ccc(Cl)cc1)Nc1cccc(C(=O)OCC(=O)c2ccc(Cl)cc2)c1. The zero-order valence-electron chi connectivity index (χ0n) is 20.1. The van der Waals surface area contributed by atoms with Gasteiger partial charge in [0, 0.05) is 39.7 Å². The normalized spacial score (nSPS) is 10.4. The Morgan fingerprint density at radius 1 is 0.658 bits per heavy atom. The van der Waals surface area contributed by atoms with Crippen LogP contribution in [0.1, 0.15) is 50.3 Å². The number of Topliss-reactive ketones (excluding diaryl/α,β-unsaturated/α-hetero) is 2. The molecule has 0 spiro atoms. The molecule has 3 rings (SSSR count). The van der Waals surface area contributed by atoms with Crippen molar-refractivity contribution >= 4 is 58.3 Å². The summed E-state index contributed by atoms with van der Waals surface area (Å²) in [5.41, 5.74) is 1.24. The lowest BCUT2D eigenvalue weighted by atomic mass is 10.1. The standard InChI is InChI=1S/C28H23Cl2NO7/c29-21-11-7-18(8-12-21)24(32)16-37-27(35)6-2-5-26(34)31-23-4-1-3-20(15-23)28(36)38-17-25(33)19-9-13-22(30)14-10-19/h1,3-4,7-15H,2,5-6,16-17H2,(H,31,34). The molecule has 0 radical (unpaired) electrons. The van der Waals surface area contributed by atoms with Gasteiger partial charge in [0.2, 0.25) is 5.91 Å². The largest absolute Gasteiger partial charge is 0.457 e. The van der Waals surface area contributed by atoms with Crippen molar-refractivity contribution in [2.24, 2.45) is 0 Å². The number of ketones is 2. The minimum Gasteiger partial charge on any atom is -0.457 e. The van der Waals surface area contributed by atoms with Gasteiger partial charge in [-0.3, -0.25) is 19.2 Å². The maximum atomic E-state index is 12.3. The smallest absolute Gasteiger partial charge is 0.338 e. The van der Waals surface area contributed by atoms with Crippen LogP contribution in [0.3, 0.4) is 0 Å². The van der Waals surface area contributed by atoms with Crippen LogP contribution in [0.5, 0.6) is 0 Å². The molecule has 0 saturated carbocycles. The fourth-order valence-electron chi connectivity index (χ4n) is 3.21. The van der Waals surface area contributed by atoms with E-state index in [-0.39, 0.29) is 42.3 Å². The van der Waals surface area contributed by atoms with Crippen molar-refractivity contribution < 1.29 is 33.4 Å². The van der Waals surface area contributed by atoms with E-state index in [9.17, 15) is 24.0 Å². The molecular weight excluding hydrogens is 533 g/mol. The van der Waals surface area contributed by atoms with Gasteiger partial charge in [0.25, 0.3) is 0 Å². The number of carbonyl (C=O) groups is 5. The Labute approximate surface area is 228 Å². The van der Waals surface area contributed by atoms with Gasteiger partial charge in [-0.2, -0.15) is 0 Å². The number of rotatable bonds is 12. The van der Waals surface area contributed by atoms with E-state index in [0.717, 1.165) is 0 Å². The van der Waals surface area contributed by atoms with E-state index in [1.54, 1.807) is 48.5 Å². The summed E-state index contributed by atoms with van der Waals surface area (Å²) in [6, 6.07) is 18.5. The molecule has 38 heavy (non-hydrogen) atoms. The summed E-state index contributed by atoms with van der Waals surface area (Å²) in [5, 5.41) is 3.62. The maximum absolute atomic E-state index is 12.3. The highest BCUT2D eigenvalue weighted by Gasteiger charge is 2.14. The number of nitrogens with one attached hydrogen (secondary N) is 1. The monoisotopic (exact) mass is 555 g/mol. The molecule has 8 nitrogen and oxygen atoms in total. The van der Waals surface area contributed by atoms with E-state index < -0.39 is 25.2 Å². The Morgan fingerprint density at radius 2 is 1.21 bits per heavy atom. The first kappa shape index (κ1) is 28.6. The van der Waals surface area contributed by atoms with Gasteiger partial charge in [0.1, 0.15) is 0 Å². The van der Waals surface area contributed by atoms with Gasteiger partial charge in [-0.25, -0.2) is 4.79 Å². The van der Waals surface area contributed by atoms with Crippen molar-refractivity contribution in [2.45, 2.75) is 19.3 Å². The summed E-state index contributed by atoms with van der Waals surface area (Å²) >= 11 is 11.6. The number of esters is 2. The van der Waals surface area contributed by atoms with E-state index in [2.05, 4.69) is 5.32 Å². The van der Waals surface area contributed by atoms with Gasteiger partial charge >= 0.3 is 11.9 Å². The van der Waals surface area contributed by atoms with Gasteiger partial charge < -0.3 is 14.8 Å². The molecule has 3 aromatic carbocycles. The molecule has 0 atom stereocenters. The third kappa shape index (κ3) is 9.14. The van der Waals surface area contributed by atoms with Crippen LogP contribution in [-0.4, -0.2) is 42.6 Å². The molecule has 0 heterocycles. The minimum atomic E-state index is -0.723. The Balaban J connectivity index is 1.38. The van der Waals surface area contributed by atoms with Crippen molar-refractivity contribution in [3.63, 3.8) is 0 Å². The van der Waals surface area contributed by atoms with Crippen LogP contribution in [-0.2, 0) is 19.1 Å². The number of anilines is 1. The minimum absolute atomic E-state index is 0.0184. The van der Waals surface area contributed by atoms with Crippen LogP contribution in [0.2, 0.25) is 10.0 Å². The Hall–Kier alpha value is -4.01. The van der Waals surface area contributed by atoms with Gasteiger partial charge in [-0.05, 0) is 73.2 Å². The molecule has 196 valence electrons. The summed E-state index contributed by atoms with van der Waals surface area (Å²) in [6.45, 7) is -0.848. The predicted molar refractivity (Wildman–Crippen MR) is 142 cm³/mol. The van der Waals surface area contributed by atoms with E-state index in [0.29, 0.717) is 26.9 Å². The summed E-state index contributed by atoms with van der Waals surface area (Å²) in [4.78, 5) is 60.7. The van der Waals surface area contributed by atoms with Gasteiger partial charge in [0.15, 0.2) is 24.8 Å². The number of carbonyl (C=O) groups excluding carboxylic acids is 5. The molecule has 0 aliphatic heterocycles. The van der Waals surface area contributed by atoms with Crippen LogP contribution in [0.4, 0.5) is 5.69 Å². The van der Waals surface area contributed by atoms with Crippen LogP contribution >= 0.6 is 23.2 Å². The Bertz CT molecular complexity index is 1320. The molecule has 0 unspecified atom stereocenters. The molecule has 0 bridgehead atoms. The number of ether oxygens (including phenoxy) is 2. The lowest BCUT2D eigenvalue weighted by molar-refractivity contribution is -0.142. The number of hydrogen-bond donors (Lipinski definition) is 1. The molecule has 0 aliphatic carbocycles. The highest BCUT2D eigenvalue weighted by atomic mass is 35.5. The van der Waals surface area contributed by atoms with Gasteiger partial charge in [-0.15, -0.1) is 0 Å². The average Bonchev–Trinajstić information content (AvgIpc) is 2.91. The van der Waals surface area contributed by atoms with Crippen molar-refractivity contribution in [3.8, 4) is 0 Å². The van der Waals surface area contributed by atoms with Crippen LogP contribution in [0.25, 0.3) is 0 Å². The first-order valence-corrected chi connectivity index (χ1v) is 12.3. The zero-order valence-corrected chi connectivity index (χ0v) is 21.6. The van der Waals surface area contributed by atoms with Gasteiger partial charge in [0.05, 0.1) is 5.56 Å². The molecule has 0 aromatic heterocycles. The van der Waals surface area contributed by atoms with Crippen molar-refractivity contribution in [3.05, 3.63) is 99.5 Å².